The van der Waals surface area contributed by atoms with Crippen molar-refractivity contribution in [2.24, 2.45) is 5.73 Å². The summed E-state index contributed by atoms with van der Waals surface area (Å²) in [5.74, 6) is -0.204. The number of carbonyl (C=O) groups excluding carboxylic acids is 1. The second-order valence-electron chi connectivity index (χ2n) is 5.40. The van der Waals surface area contributed by atoms with Crippen LogP contribution in [-0.4, -0.2) is 22.9 Å². The Morgan fingerprint density at radius 2 is 2.10 bits per heavy atom. The van der Waals surface area contributed by atoms with Crippen LogP contribution < -0.4 is 11.1 Å². The number of carbonyl (C=O) groups is 1. The quantitative estimate of drug-likeness (QED) is 0.648. The third-order valence-corrected chi connectivity index (χ3v) is 4.00. The predicted molar refractivity (Wildman–Crippen MR) is 75.6 cm³/mol. The fourth-order valence-corrected chi connectivity index (χ4v) is 2.76. The number of hydrogen-bond acceptors (Lipinski definition) is 4. The van der Waals surface area contributed by atoms with Gasteiger partial charge in [-0.3, -0.25) is 14.9 Å². The zero-order valence-corrected chi connectivity index (χ0v) is 11.5. The number of nitrogens with one attached hydrogen (secondary N) is 1. The summed E-state index contributed by atoms with van der Waals surface area (Å²) in [6.45, 7) is 2.12. The van der Waals surface area contributed by atoms with Crippen molar-refractivity contribution in [1.82, 2.24) is 5.32 Å². The van der Waals surface area contributed by atoms with Crippen molar-refractivity contribution >= 4 is 11.6 Å². The summed E-state index contributed by atoms with van der Waals surface area (Å²) >= 11 is 0. The van der Waals surface area contributed by atoms with Gasteiger partial charge in [0.25, 0.3) is 11.6 Å². The number of nitro benzene ring substituents is 1. The Morgan fingerprint density at radius 3 is 2.60 bits per heavy atom. The van der Waals surface area contributed by atoms with E-state index < -0.39 is 4.92 Å². The van der Waals surface area contributed by atoms with Crippen molar-refractivity contribution < 1.29 is 9.72 Å². The average molecular weight is 277 g/mol. The number of amides is 1. The topological polar surface area (TPSA) is 98.3 Å². The van der Waals surface area contributed by atoms with E-state index in [1.807, 2.05) is 0 Å². The lowest BCUT2D eigenvalue weighted by Gasteiger charge is -2.29. The second-order valence-corrected chi connectivity index (χ2v) is 5.40. The standard InChI is InChI=1S/C14H19N3O3/c1-10-8-11(17(19)20)4-5-12(10)13(18)16-14(9-15)6-2-3-7-14/h4-5,8H,2-3,6-7,9,15H2,1H3,(H,16,18). The molecule has 1 fully saturated rings. The van der Waals surface area contributed by atoms with Crippen LogP contribution >= 0.6 is 0 Å². The Hall–Kier alpha value is -1.95. The number of nitro groups is 1. The van der Waals surface area contributed by atoms with Crippen LogP contribution in [0, 0.1) is 17.0 Å². The Kier molecular flexibility index (Phi) is 4.04. The van der Waals surface area contributed by atoms with Gasteiger partial charge in [-0.25, -0.2) is 0 Å². The van der Waals surface area contributed by atoms with Crippen molar-refractivity contribution in [3.8, 4) is 0 Å². The van der Waals surface area contributed by atoms with Crippen LogP contribution in [0.3, 0.4) is 0 Å². The summed E-state index contributed by atoms with van der Waals surface area (Å²) < 4.78 is 0. The molecule has 1 saturated carbocycles. The van der Waals surface area contributed by atoms with Crippen LogP contribution in [0.5, 0.6) is 0 Å². The monoisotopic (exact) mass is 277 g/mol. The van der Waals surface area contributed by atoms with E-state index in [4.69, 9.17) is 5.73 Å². The number of nitrogens with zero attached hydrogens (tertiary/aromatic N) is 1. The molecule has 0 unspecified atom stereocenters. The van der Waals surface area contributed by atoms with E-state index >= 15 is 0 Å². The van der Waals surface area contributed by atoms with Crippen molar-refractivity contribution in [1.29, 1.82) is 0 Å². The Morgan fingerprint density at radius 1 is 1.45 bits per heavy atom. The summed E-state index contributed by atoms with van der Waals surface area (Å²) in [7, 11) is 0. The molecule has 20 heavy (non-hydrogen) atoms. The van der Waals surface area contributed by atoms with E-state index in [-0.39, 0.29) is 17.1 Å². The molecular formula is C14H19N3O3. The fourth-order valence-electron chi connectivity index (χ4n) is 2.76. The van der Waals surface area contributed by atoms with Gasteiger partial charge in [-0.1, -0.05) is 12.8 Å². The first-order chi connectivity index (χ1) is 9.47. The molecular weight excluding hydrogens is 258 g/mol. The first kappa shape index (κ1) is 14.5. The molecule has 0 atom stereocenters. The van der Waals surface area contributed by atoms with E-state index in [0.717, 1.165) is 25.7 Å². The van der Waals surface area contributed by atoms with Crippen LogP contribution in [0.2, 0.25) is 0 Å². The molecule has 0 bridgehead atoms. The predicted octanol–water partition coefficient (Wildman–Crippen LogP) is 1.90. The highest BCUT2D eigenvalue weighted by atomic mass is 16.6. The third-order valence-electron chi connectivity index (χ3n) is 4.00. The highest BCUT2D eigenvalue weighted by Gasteiger charge is 2.34. The maximum atomic E-state index is 12.3. The van der Waals surface area contributed by atoms with Gasteiger partial charge in [0.2, 0.25) is 0 Å². The highest BCUT2D eigenvalue weighted by Crippen LogP contribution is 2.29. The number of benzene rings is 1. The number of non-ortho nitro benzene ring substituents is 1. The van der Waals surface area contributed by atoms with Crippen molar-refractivity contribution in [2.45, 2.75) is 38.1 Å². The molecule has 0 spiro atoms. The largest absolute Gasteiger partial charge is 0.345 e. The zero-order chi connectivity index (χ0) is 14.8. The summed E-state index contributed by atoms with van der Waals surface area (Å²) in [6, 6.07) is 4.27. The molecule has 0 radical (unpaired) electrons. The average Bonchev–Trinajstić information content (AvgIpc) is 2.87. The second kappa shape index (κ2) is 5.58. The van der Waals surface area contributed by atoms with Crippen LogP contribution in [-0.2, 0) is 0 Å². The molecule has 6 nitrogen and oxygen atoms in total. The van der Waals surface area contributed by atoms with Crippen molar-refractivity contribution in [3.63, 3.8) is 0 Å². The molecule has 0 aromatic heterocycles. The lowest BCUT2D eigenvalue weighted by atomic mass is 9.96. The summed E-state index contributed by atoms with van der Waals surface area (Å²) in [6.07, 6.45) is 3.91. The molecule has 2 rings (SSSR count). The van der Waals surface area contributed by atoms with Gasteiger partial charge in [0.15, 0.2) is 0 Å². The Balaban J connectivity index is 2.19. The minimum atomic E-state index is -0.465. The Labute approximate surface area is 117 Å². The first-order valence-corrected chi connectivity index (χ1v) is 6.75. The molecule has 1 aromatic carbocycles. The molecule has 3 N–H and O–H groups in total. The molecule has 0 heterocycles. The molecule has 1 aromatic rings. The molecule has 1 amide bonds. The van der Waals surface area contributed by atoms with E-state index in [1.54, 1.807) is 6.92 Å². The molecule has 0 aliphatic heterocycles. The maximum Gasteiger partial charge on any atom is 0.269 e. The number of hydrogen-bond donors (Lipinski definition) is 2. The normalized spacial score (nSPS) is 16.9. The van der Waals surface area contributed by atoms with E-state index in [0.29, 0.717) is 17.7 Å². The van der Waals surface area contributed by atoms with E-state index in [9.17, 15) is 14.9 Å². The van der Waals surface area contributed by atoms with Gasteiger partial charge >= 0.3 is 0 Å². The molecule has 1 aliphatic carbocycles. The van der Waals surface area contributed by atoms with E-state index in [1.165, 1.54) is 18.2 Å². The smallest absolute Gasteiger partial charge is 0.269 e. The Bertz CT molecular complexity index is 536. The third kappa shape index (κ3) is 2.80. The molecule has 1 aliphatic rings. The molecule has 6 heteroatoms. The summed E-state index contributed by atoms with van der Waals surface area (Å²) in [5, 5.41) is 13.7. The van der Waals surface area contributed by atoms with Crippen LogP contribution in [0.25, 0.3) is 0 Å². The highest BCUT2D eigenvalue weighted by molar-refractivity contribution is 5.96. The van der Waals surface area contributed by atoms with Gasteiger partial charge in [0, 0.05) is 24.2 Å². The van der Waals surface area contributed by atoms with Gasteiger partial charge in [-0.15, -0.1) is 0 Å². The lowest BCUT2D eigenvalue weighted by Crippen LogP contribution is -2.51. The van der Waals surface area contributed by atoms with Crippen LogP contribution in [0.4, 0.5) is 5.69 Å². The lowest BCUT2D eigenvalue weighted by molar-refractivity contribution is -0.384. The SMILES string of the molecule is Cc1cc([N+](=O)[O-])ccc1C(=O)NC1(CN)CCCC1. The first-order valence-electron chi connectivity index (χ1n) is 6.75. The number of aryl methyl sites for hydroxylation is 1. The van der Waals surface area contributed by atoms with Crippen molar-refractivity contribution in [2.75, 3.05) is 6.54 Å². The van der Waals surface area contributed by atoms with Crippen molar-refractivity contribution in [3.05, 3.63) is 39.4 Å². The summed E-state index contributed by atoms with van der Waals surface area (Å²) in [4.78, 5) is 22.6. The zero-order valence-electron chi connectivity index (χ0n) is 11.5. The number of nitrogens with two attached hydrogens (primary N) is 1. The van der Waals surface area contributed by atoms with Crippen LogP contribution in [0.1, 0.15) is 41.6 Å². The van der Waals surface area contributed by atoms with E-state index in [2.05, 4.69) is 5.32 Å². The van der Waals surface area contributed by atoms with Gasteiger partial charge in [0.05, 0.1) is 10.5 Å². The fraction of sp³-hybridized carbons (Fsp3) is 0.500. The minimum Gasteiger partial charge on any atom is -0.345 e. The van der Waals surface area contributed by atoms with Crippen LogP contribution in [0.15, 0.2) is 18.2 Å². The van der Waals surface area contributed by atoms with Gasteiger partial charge in [-0.05, 0) is 31.4 Å². The molecule has 108 valence electrons. The maximum absolute atomic E-state index is 12.3. The van der Waals surface area contributed by atoms with Gasteiger partial charge < -0.3 is 11.1 Å². The van der Waals surface area contributed by atoms with Gasteiger partial charge in [0.1, 0.15) is 0 Å². The van der Waals surface area contributed by atoms with Gasteiger partial charge in [-0.2, -0.15) is 0 Å². The minimum absolute atomic E-state index is 0.00606. The number of rotatable bonds is 4. The summed E-state index contributed by atoms with van der Waals surface area (Å²) in [5.41, 5.74) is 6.54. The molecule has 0 saturated heterocycles.